The summed E-state index contributed by atoms with van der Waals surface area (Å²) in [7, 11) is 0. The smallest absolute Gasteiger partial charge is 0.137 e. The molecule has 15 heavy (non-hydrogen) atoms. The first-order chi connectivity index (χ1) is 7.43. The van der Waals surface area contributed by atoms with Gasteiger partial charge < -0.3 is 5.32 Å². The van der Waals surface area contributed by atoms with E-state index in [-0.39, 0.29) is 0 Å². The van der Waals surface area contributed by atoms with Gasteiger partial charge in [-0.05, 0) is 24.7 Å². The topological polar surface area (TPSA) is 53.6 Å². The zero-order valence-corrected chi connectivity index (χ0v) is 8.69. The van der Waals surface area contributed by atoms with E-state index in [1.165, 1.54) is 12.8 Å². The molecule has 4 heteroatoms. The Labute approximate surface area is 89.2 Å². The zero-order valence-electron chi connectivity index (χ0n) is 8.69. The van der Waals surface area contributed by atoms with Gasteiger partial charge in [0.25, 0.3) is 0 Å². The molecule has 1 aromatic rings. The Balaban J connectivity index is 1.42. The van der Waals surface area contributed by atoms with Crippen molar-refractivity contribution in [2.45, 2.75) is 25.3 Å². The van der Waals surface area contributed by atoms with Gasteiger partial charge in [-0.2, -0.15) is 5.10 Å². The fourth-order valence-corrected chi connectivity index (χ4v) is 2.67. The fraction of sp³-hybridized carbons (Fsp3) is 0.636. The number of hydrogen-bond acceptors (Lipinski definition) is 3. The molecule has 0 aliphatic heterocycles. The van der Waals surface area contributed by atoms with Crippen LogP contribution in [0.4, 0.5) is 0 Å². The Hall–Kier alpha value is -1.16. The Kier molecular flexibility index (Phi) is 2.29. The summed E-state index contributed by atoms with van der Waals surface area (Å²) >= 11 is 0. The highest BCUT2D eigenvalue weighted by Crippen LogP contribution is 2.42. The molecule has 3 rings (SSSR count). The number of rotatable bonds is 4. The minimum absolute atomic E-state index is 0.705. The van der Waals surface area contributed by atoms with Crippen molar-refractivity contribution in [1.82, 2.24) is 20.5 Å². The minimum Gasteiger partial charge on any atom is -0.313 e. The van der Waals surface area contributed by atoms with Crippen molar-refractivity contribution in [3.05, 3.63) is 24.3 Å². The van der Waals surface area contributed by atoms with Gasteiger partial charge in [0.1, 0.15) is 12.2 Å². The van der Waals surface area contributed by atoms with Crippen LogP contribution in [-0.2, 0) is 6.42 Å². The number of nitrogens with one attached hydrogen (secondary N) is 2. The second-order valence-corrected chi connectivity index (χ2v) is 4.48. The van der Waals surface area contributed by atoms with E-state index in [1.807, 2.05) is 0 Å². The van der Waals surface area contributed by atoms with Crippen molar-refractivity contribution < 1.29 is 0 Å². The molecule has 2 N–H and O–H groups in total. The molecule has 2 aliphatic carbocycles. The molecule has 1 fully saturated rings. The molecule has 0 radical (unpaired) electrons. The normalized spacial score (nSPS) is 32.7. The summed E-state index contributed by atoms with van der Waals surface area (Å²) in [6.45, 7) is 0.997. The van der Waals surface area contributed by atoms with Crippen LogP contribution in [0, 0.1) is 11.8 Å². The predicted molar refractivity (Wildman–Crippen MR) is 57.2 cm³/mol. The molecule has 1 heterocycles. The standard InChI is InChI=1S/C11H16N4/c1-2-8-6-10(9(8)3-1)12-5-4-11-13-7-14-15-11/h1,3,7-10,12H,2,4-6H2,(H,13,14,15). The van der Waals surface area contributed by atoms with E-state index in [0.29, 0.717) is 6.04 Å². The predicted octanol–water partition coefficient (Wildman–Crippen LogP) is 0.901. The summed E-state index contributed by atoms with van der Waals surface area (Å²) in [4.78, 5) is 4.10. The summed E-state index contributed by atoms with van der Waals surface area (Å²) in [6.07, 6.45) is 9.85. The quantitative estimate of drug-likeness (QED) is 0.716. The molecule has 3 atom stereocenters. The number of nitrogens with zero attached hydrogens (tertiary/aromatic N) is 2. The van der Waals surface area contributed by atoms with E-state index >= 15 is 0 Å². The van der Waals surface area contributed by atoms with Crippen molar-refractivity contribution in [1.29, 1.82) is 0 Å². The van der Waals surface area contributed by atoms with Crippen LogP contribution in [0.2, 0.25) is 0 Å². The molecule has 1 saturated carbocycles. The highest BCUT2D eigenvalue weighted by atomic mass is 15.2. The molecular weight excluding hydrogens is 188 g/mol. The largest absolute Gasteiger partial charge is 0.313 e. The Morgan fingerprint density at radius 2 is 2.53 bits per heavy atom. The Morgan fingerprint density at radius 1 is 1.53 bits per heavy atom. The van der Waals surface area contributed by atoms with E-state index in [1.54, 1.807) is 6.33 Å². The van der Waals surface area contributed by atoms with Gasteiger partial charge in [-0.3, -0.25) is 5.10 Å². The van der Waals surface area contributed by atoms with Crippen LogP contribution in [0.15, 0.2) is 18.5 Å². The summed E-state index contributed by atoms with van der Waals surface area (Å²) in [5, 5.41) is 10.3. The number of H-pyrrole nitrogens is 1. The lowest BCUT2D eigenvalue weighted by Gasteiger charge is -2.40. The monoisotopic (exact) mass is 204 g/mol. The average Bonchev–Trinajstić information content (AvgIpc) is 2.82. The number of aromatic amines is 1. The maximum atomic E-state index is 4.10. The van der Waals surface area contributed by atoms with E-state index in [0.717, 1.165) is 30.6 Å². The number of allylic oxidation sites excluding steroid dienone is 1. The van der Waals surface area contributed by atoms with E-state index in [4.69, 9.17) is 0 Å². The average molecular weight is 204 g/mol. The minimum atomic E-state index is 0.705. The van der Waals surface area contributed by atoms with Gasteiger partial charge in [-0.15, -0.1) is 0 Å². The summed E-state index contributed by atoms with van der Waals surface area (Å²) in [5.74, 6) is 2.72. The Morgan fingerprint density at radius 3 is 3.33 bits per heavy atom. The first kappa shape index (κ1) is 9.09. The maximum absolute atomic E-state index is 4.10. The molecule has 2 aliphatic rings. The molecule has 0 spiro atoms. The number of fused-ring (bicyclic) bond motifs is 1. The van der Waals surface area contributed by atoms with Gasteiger partial charge in [0.05, 0.1) is 0 Å². The van der Waals surface area contributed by atoms with Gasteiger partial charge >= 0.3 is 0 Å². The molecule has 0 amide bonds. The Bertz CT molecular complexity index is 343. The van der Waals surface area contributed by atoms with Gasteiger partial charge in [0.2, 0.25) is 0 Å². The van der Waals surface area contributed by atoms with Gasteiger partial charge in [-0.1, -0.05) is 12.2 Å². The lowest BCUT2D eigenvalue weighted by Crippen LogP contribution is -2.48. The third kappa shape index (κ3) is 1.69. The summed E-state index contributed by atoms with van der Waals surface area (Å²) in [5.41, 5.74) is 0. The molecule has 0 saturated heterocycles. The molecule has 3 unspecified atom stereocenters. The van der Waals surface area contributed by atoms with E-state index < -0.39 is 0 Å². The van der Waals surface area contributed by atoms with Crippen molar-refractivity contribution >= 4 is 0 Å². The third-order valence-corrected chi connectivity index (χ3v) is 3.60. The lowest BCUT2D eigenvalue weighted by molar-refractivity contribution is 0.164. The van der Waals surface area contributed by atoms with Gasteiger partial charge in [0, 0.05) is 19.0 Å². The second-order valence-electron chi connectivity index (χ2n) is 4.48. The molecule has 4 nitrogen and oxygen atoms in total. The van der Waals surface area contributed by atoms with Crippen LogP contribution in [0.1, 0.15) is 18.7 Å². The first-order valence-electron chi connectivity index (χ1n) is 5.68. The zero-order chi connectivity index (χ0) is 10.1. The first-order valence-corrected chi connectivity index (χ1v) is 5.68. The van der Waals surface area contributed by atoms with Crippen LogP contribution in [-0.4, -0.2) is 27.8 Å². The molecular formula is C11H16N4. The summed E-state index contributed by atoms with van der Waals surface area (Å²) < 4.78 is 0. The van der Waals surface area contributed by atoms with Crippen molar-refractivity contribution in [2.24, 2.45) is 11.8 Å². The lowest BCUT2D eigenvalue weighted by atomic mass is 9.71. The second kappa shape index (κ2) is 3.77. The maximum Gasteiger partial charge on any atom is 0.137 e. The van der Waals surface area contributed by atoms with Crippen LogP contribution >= 0.6 is 0 Å². The van der Waals surface area contributed by atoms with Gasteiger partial charge in [0.15, 0.2) is 0 Å². The van der Waals surface area contributed by atoms with Crippen LogP contribution in [0.25, 0.3) is 0 Å². The number of aromatic nitrogens is 3. The van der Waals surface area contributed by atoms with E-state index in [9.17, 15) is 0 Å². The summed E-state index contributed by atoms with van der Waals surface area (Å²) in [6, 6.07) is 0.705. The van der Waals surface area contributed by atoms with Crippen LogP contribution < -0.4 is 5.32 Å². The van der Waals surface area contributed by atoms with Crippen LogP contribution in [0.5, 0.6) is 0 Å². The third-order valence-electron chi connectivity index (χ3n) is 3.60. The molecule has 1 aromatic heterocycles. The van der Waals surface area contributed by atoms with Crippen molar-refractivity contribution in [3.63, 3.8) is 0 Å². The van der Waals surface area contributed by atoms with Crippen molar-refractivity contribution in [2.75, 3.05) is 6.54 Å². The SMILES string of the molecule is C1=CC2C(C1)CC2NCCc1ncn[nH]1. The molecule has 0 bridgehead atoms. The van der Waals surface area contributed by atoms with E-state index in [2.05, 4.69) is 32.7 Å². The highest BCUT2D eigenvalue weighted by Gasteiger charge is 2.40. The highest BCUT2D eigenvalue weighted by molar-refractivity contribution is 5.12. The molecule has 0 aromatic carbocycles. The number of hydrogen-bond donors (Lipinski definition) is 2. The van der Waals surface area contributed by atoms with Gasteiger partial charge in [-0.25, -0.2) is 4.98 Å². The van der Waals surface area contributed by atoms with Crippen LogP contribution in [0.3, 0.4) is 0 Å². The molecule has 80 valence electrons. The van der Waals surface area contributed by atoms with Crippen molar-refractivity contribution in [3.8, 4) is 0 Å². The fourth-order valence-electron chi connectivity index (χ4n) is 2.67.